The highest BCUT2D eigenvalue weighted by molar-refractivity contribution is 6.33. The molecule has 2 rings (SSSR count). The molecule has 2 aromatic rings. The van der Waals surface area contributed by atoms with Gasteiger partial charge >= 0.3 is 0 Å². The molecule has 6 heteroatoms. The quantitative estimate of drug-likeness (QED) is 0.691. The number of para-hydroxylation sites is 1. The fraction of sp³-hybridized carbons (Fsp3) is 0.133. The van der Waals surface area contributed by atoms with Crippen molar-refractivity contribution >= 4 is 28.9 Å². The molecule has 0 spiro atoms. The summed E-state index contributed by atoms with van der Waals surface area (Å²) in [5.74, 6) is -0.272. The first-order valence-electron chi connectivity index (χ1n) is 6.25. The number of hydrogen-bond donors (Lipinski definition) is 1. The zero-order valence-electron chi connectivity index (χ0n) is 11.3. The van der Waals surface area contributed by atoms with Crippen molar-refractivity contribution in [1.82, 2.24) is 0 Å². The van der Waals surface area contributed by atoms with Crippen molar-refractivity contribution in [2.24, 2.45) is 0 Å². The number of anilines is 1. The second-order valence-corrected chi connectivity index (χ2v) is 4.99. The van der Waals surface area contributed by atoms with Crippen molar-refractivity contribution < 1.29 is 9.72 Å². The smallest absolute Gasteiger partial charge is 0.269 e. The summed E-state index contributed by atoms with van der Waals surface area (Å²) >= 11 is 6.04. The molecule has 0 unspecified atom stereocenters. The normalized spacial score (nSPS) is 10.2. The molecule has 0 fully saturated rings. The maximum absolute atomic E-state index is 12.0. The van der Waals surface area contributed by atoms with E-state index in [0.717, 1.165) is 5.56 Å². The van der Waals surface area contributed by atoms with Gasteiger partial charge in [-0.15, -0.1) is 0 Å². The van der Waals surface area contributed by atoms with Gasteiger partial charge < -0.3 is 5.32 Å². The molecule has 2 aromatic carbocycles. The Balaban J connectivity index is 2.12. The largest absolute Gasteiger partial charge is 0.324 e. The number of aryl methyl sites for hydroxylation is 1. The van der Waals surface area contributed by atoms with Crippen molar-refractivity contribution in [1.29, 1.82) is 0 Å². The summed E-state index contributed by atoms with van der Waals surface area (Å²) in [5, 5.41) is 13.9. The van der Waals surface area contributed by atoms with Crippen molar-refractivity contribution in [2.75, 3.05) is 5.32 Å². The summed E-state index contributed by atoms with van der Waals surface area (Å²) < 4.78 is 0. The number of nitrogens with zero attached hydrogens (tertiary/aromatic N) is 1. The fourth-order valence-electron chi connectivity index (χ4n) is 1.94. The van der Waals surface area contributed by atoms with Gasteiger partial charge in [-0.1, -0.05) is 35.9 Å². The van der Waals surface area contributed by atoms with Crippen LogP contribution in [0.1, 0.15) is 11.1 Å². The third-order valence-electron chi connectivity index (χ3n) is 2.97. The van der Waals surface area contributed by atoms with Gasteiger partial charge in [0.05, 0.1) is 22.1 Å². The molecule has 108 valence electrons. The van der Waals surface area contributed by atoms with E-state index < -0.39 is 4.92 Å². The van der Waals surface area contributed by atoms with Crippen LogP contribution in [-0.2, 0) is 11.2 Å². The summed E-state index contributed by atoms with van der Waals surface area (Å²) in [4.78, 5) is 22.2. The van der Waals surface area contributed by atoms with Crippen LogP contribution in [0.15, 0.2) is 42.5 Å². The van der Waals surface area contributed by atoms with E-state index in [4.69, 9.17) is 11.6 Å². The van der Waals surface area contributed by atoms with Crippen molar-refractivity contribution in [3.8, 4) is 0 Å². The number of nitrogens with one attached hydrogen (secondary N) is 1. The molecule has 0 aliphatic carbocycles. The molecule has 0 saturated heterocycles. The molecule has 1 amide bonds. The lowest BCUT2D eigenvalue weighted by molar-refractivity contribution is -0.384. The van der Waals surface area contributed by atoms with E-state index in [1.165, 1.54) is 12.1 Å². The van der Waals surface area contributed by atoms with E-state index in [-0.39, 0.29) is 18.0 Å². The van der Waals surface area contributed by atoms with Crippen LogP contribution in [0.5, 0.6) is 0 Å². The summed E-state index contributed by atoms with van der Waals surface area (Å²) in [6.45, 7) is 1.84. The van der Waals surface area contributed by atoms with Crippen LogP contribution in [0.2, 0.25) is 5.02 Å². The van der Waals surface area contributed by atoms with Gasteiger partial charge in [0.2, 0.25) is 5.91 Å². The number of nitro benzene ring substituents is 1. The first-order valence-corrected chi connectivity index (χ1v) is 6.63. The summed E-state index contributed by atoms with van der Waals surface area (Å²) in [6, 6.07) is 11.3. The lowest BCUT2D eigenvalue weighted by Crippen LogP contribution is -2.15. The summed E-state index contributed by atoms with van der Waals surface area (Å²) in [5.41, 5.74) is 1.96. The van der Waals surface area contributed by atoms with Gasteiger partial charge in [0.15, 0.2) is 0 Å². The zero-order valence-corrected chi connectivity index (χ0v) is 12.1. The summed E-state index contributed by atoms with van der Waals surface area (Å²) in [6.07, 6.45) is 0.0480. The van der Waals surface area contributed by atoms with Crippen molar-refractivity contribution in [3.63, 3.8) is 0 Å². The van der Waals surface area contributed by atoms with Gasteiger partial charge in [0.25, 0.3) is 5.69 Å². The predicted octanol–water partition coefficient (Wildman–Crippen LogP) is 3.74. The predicted molar refractivity (Wildman–Crippen MR) is 81.6 cm³/mol. The summed E-state index contributed by atoms with van der Waals surface area (Å²) in [7, 11) is 0. The van der Waals surface area contributed by atoms with Crippen LogP contribution < -0.4 is 5.32 Å². The molecule has 21 heavy (non-hydrogen) atoms. The Bertz CT molecular complexity index is 681. The Morgan fingerprint density at radius 2 is 2.00 bits per heavy atom. The van der Waals surface area contributed by atoms with Gasteiger partial charge in [-0.3, -0.25) is 14.9 Å². The molecule has 0 heterocycles. The zero-order chi connectivity index (χ0) is 15.4. The second-order valence-electron chi connectivity index (χ2n) is 4.58. The number of hydrogen-bond acceptors (Lipinski definition) is 3. The van der Waals surface area contributed by atoms with Crippen LogP contribution in [0.25, 0.3) is 0 Å². The van der Waals surface area contributed by atoms with Crippen LogP contribution in [0.4, 0.5) is 11.4 Å². The molecule has 0 atom stereocenters. The maximum atomic E-state index is 12.0. The van der Waals surface area contributed by atoms with E-state index >= 15 is 0 Å². The molecule has 1 N–H and O–H groups in total. The van der Waals surface area contributed by atoms with E-state index in [0.29, 0.717) is 16.3 Å². The first-order chi connectivity index (χ1) is 9.97. The van der Waals surface area contributed by atoms with Gasteiger partial charge in [0, 0.05) is 12.1 Å². The number of amides is 1. The van der Waals surface area contributed by atoms with Crippen molar-refractivity contribution in [2.45, 2.75) is 13.3 Å². The van der Waals surface area contributed by atoms with Crippen LogP contribution in [0.3, 0.4) is 0 Å². The van der Waals surface area contributed by atoms with E-state index in [9.17, 15) is 14.9 Å². The number of benzene rings is 2. The Morgan fingerprint density at radius 3 is 2.67 bits per heavy atom. The monoisotopic (exact) mass is 304 g/mol. The van der Waals surface area contributed by atoms with Crippen LogP contribution in [0, 0.1) is 17.0 Å². The SMILES string of the molecule is Cc1cccc(Cl)c1NC(=O)Cc1cccc([N+](=O)[O-])c1. The van der Waals surface area contributed by atoms with Gasteiger partial charge in [-0.2, -0.15) is 0 Å². The molecular formula is C15H13ClN2O3. The van der Waals surface area contributed by atoms with Crippen molar-refractivity contribution in [3.05, 3.63) is 68.7 Å². The standard InChI is InChI=1S/C15H13ClN2O3/c1-10-4-2-7-13(16)15(10)17-14(19)9-11-5-3-6-12(8-11)18(20)21/h2-8H,9H2,1H3,(H,17,19). The highest BCUT2D eigenvalue weighted by Gasteiger charge is 2.11. The Hall–Kier alpha value is -2.40. The number of carbonyl (C=O) groups excluding carboxylic acids is 1. The number of carbonyl (C=O) groups is 1. The fourth-order valence-corrected chi connectivity index (χ4v) is 2.21. The average Bonchev–Trinajstić information content (AvgIpc) is 2.43. The Labute approximate surface area is 126 Å². The number of non-ortho nitro benzene ring substituents is 1. The lowest BCUT2D eigenvalue weighted by atomic mass is 10.1. The number of nitro groups is 1. The van der Waals surface area contributed by atoms with E-state index in [1.807, 2.05) is 13.0 Å². The second kappa shape index (κ2) is 6.37. The van der Waals surface area contributed by atoms with E-state index in [1.54, 1.807) is 24.3 Å². The van der Waals surface area contributed by atoms with Crippen LogP contribution in [-0.4, -0.2) is 10.8 Å². The Kier molecular flexibility index (Phi) is 4.55. The average molecular weight is 305 g/mol. The van der Waals surface area contributed by atoms with E-state index in [2.05, 4.69) is 5.32 Å². The molecule has 0 aliphatic heterocycles. The molecule has 5 nitrogen and oxygen atoms in total. The van der Waals surface area contributed by atoms with Crippen LogP contribution >= 0.6 is 11.6 Å². The molecule has 0 bridgehead atoms. The first kappa shape index (κ1) is 15.0. The third-order valence-corrected chi connectivity index (χ3v) is 3.29. The van der Waals surface area contributed by atoms with Gasteiger partial charge in [-0.05, 0) is 24.1 Å². The van der Waals surface area contributed by atoms with Gasteiger partial charge in [-0.25, -0.2) is 0 Å². The lowest BCUT2D eigenvalue weighted by Gasteiger charge is -2.10. The highest BCUT2D eigenvalue weighted by Crippen LogP contribution is 2.25. The minimum Gasteiger partial charge on any atom is -0.324 e. The topological polar surface area (TPSA) is 72.2 Å². The Morgan fingerprint density at radius 1 is 1.29 bits per heavy atom. The minimum absolute atomic E-state index is 0.0331. The van der Waals surface area contributed by atoms with Gasteiger partial charge in [0.1, 0.15) is 0 Å². The molecule has 0 radical (unpaired) electrons. The maximum Gasteiger partial charge on any atom is 0.269 e. The molecular weight excluding hydrogens is 292 g/mol. The number of rotatable bonds is 4. The third kappa shape index (κ3) is 3.79. The minimum atomic E-state index is -0.486. The highest BCUT2D eigenvalue weighted by atomic mass is 35.5. The molecule has 0 aromatic heterocycles. The molecule has 0 saturated carbocycles. The number of halogens is 1. The molecule has 0 aliphatic rings.